The molecule has 0 bridgehead atoms. The molecular weight excluding hydrogens is 240 g/mol. The van der Waals surface area contributed by atoms with Crippen LogP contribution in [-0.2, 0) is 9.53 Å². The highest BCUT2D eigenvalue weighted by molar-refractivity contribution is 5.72. The molecule has 1 saturated carbocycles. The SMILES string of the molecule is COC(=O)C1CCCN(C2CCCCCC2CN)C1. The van der Waals surface area contributed by atoms with E-state index in [0.717, 1.165) is 32.5 Å². The number of piperidine rings is 1. The summed E-state index contributed by atoms with van der Waals surface area (Å²) in [6.45, 7) is 2.77. The Morgan fingerprint density at radius 3 is 2.74 bits per heavy atom. The highest BCUT2D eigenvalue weighted by Gasteiger charge is 2.33. The van der Waals surface area contributed by atoms with Crippen LogP contribution in [0.15, 0.2) is 0 Å². The molecule has 1 heterocycles. The molecule has 1 aliphatic heterocycles. The normalized spacial score (nSPS) is 33.7. The Labute approximate surface area is 116 Å². The number of likely N-dealkylation sites (tertiary alicyclic amines) is 1. The fourth-order valence-electron chi connectivity index (χ4n) is 3.79. The average molecular weight is 268 g/mol. The van der Waals surface area contributed by atoms with Crippen molar-refractivity contribution in [3.63, 3.8) is 0 Å². The smallest absolute Gasteiger partial charge is 0.309 e. The maximum Gasteiger partial charge on any atom is 0.309 e. The van der Waals surface area contributed by atoms with Gasteiger partial charge < -0.3 is 10.5 Å². The van der Waals surface area contributed by atoms with Gasteiger partial charge in [0.05, 0.1) is 13.0 Å². The molecule has 0 radical (unpaired) electrons. The van der Waals surface area contributed by atoms with Crippen molar-refractivity contribution in [2.75, 3.05) is 26.7 Å². The van der Waals surface area contributed by atoms with E-state index in [-0.39, 0.29) is 11.9 Å². The summed E-state index contributed by atoms with van der Waals surface area (Å²) in [6.07, 6.45) is 8.53. The van der Waals surface area contributed by atoms with E-state index < -0.39 is 0 Å². The van der Waals surface area contributed by atoms with E-state index in [1.807, 2.05) is 0 Å². The molecule has 3 unspecified atom stereocenters. The number of hydrogen-bond donors (Lipinski definition) is 1. The fourth-order valence-corrected chi connectivity index (χ4v) is 3.79. The van der Waals surface area contributed by atoms with Crippen LogP contribution in [0.2, 0.25) is 0 Å². The zero-order valence-electron chi connectivity index (χ0n) is 12.1. The number of rotatable bonds is 3. The largest absolute Gasteiger partial charge is 0.469 e. The molecule has 2 N–H and O–H groups in total. The van der Waals surface area contributed by atoms with Gasteiger partial charge in [0.15, 0.2) is 0 Å². The van der Waals surface area contributed by atoms with Gasteiger partial charge in [-0.2, -0.15) is 0 Å². The van der Waals surface area contributed by atoms with Crippen LogP contribution in [0.4, 0.5) is 0 Å². The van der Waals surface area contributed by atoms with Crippen molar-refractivity contribution in [1.29, 1.82) is 0 Å². The molecule has 0 aromatic heterocycles. The summed E-state index contributed by atoms with van der Waals surface area (Å²) in [4.78, 5) is 14.3. The summed E-state index contributed by atoms with van der Waals surface area (Å²) < 4.78 is 4.91. The van der Waals surface area contributed by atoms with E-state index in [1.165, 1.54) is 39.2 Å². The first-order valence-corrected chi connectivity index (χ1v) is 7.78. The second kappa shape index (κ2) is 7.25. The lowest BCUT2D eigenvalue weighted by Crippen LogP contribution is -2.49. The van der Waals surface area contributed by atoms with Crippen LogP contribution in [0.1, 0.15) is 44.9 Å². The Kier molecular flexibility index (Phi) is 5.64. The highest BCUT2D eigenvalue weighted by Crippen LogP contribution is 2.30. The lowest BCUT2D eigenvalue weighted by atomic mass is 9.89. The van der Waals surface area contributed by atoms with Crippen molar-refractivity contribution in [2.45, 2.75) is 51.0 Å². The zero-order chi connectivity index (χ0) is 13.7. The van der Waals surface area contributed by atoms with Crippen LogP contribution in [0.5, 0.6) is 0 Å². The van der Waals surface area contributed by atoms with Crippen LogP contribution < -0.4 is 5.73 Å². The second-order valence-corrected chi connectivity index (χ2v) is 6.06. The Bertz CT molecular complexity index is 296. The molecule has 0 spiro atoms. The van der Waals surface area contributed by atoms with Crippen LogP contribution in [-0.4, -0.2) is 43.7 Å². The molecule has 0 amide bonds. The predicted molar refractivity (Wildman–Crippen MR) is 75.7 cm³/mol. The molecule has 0 aromatic carbocycles. The van der Waals surface area contributed by atoms with Gasteiger partial charge in [0.2, 0.25) is 0 Å². The molecule has 1 saturated heterocycles. The average Bonchev–Trinajstić information content (AvgIpc) is 2.71. The van der Waals surface area contributed by atoms with E-state index in [2.05, 4.69) is 4.90 Å². The van der Waals surface area contributed by atoms with Gasteiger partial charge in [0.1, 0.15) is 0 Å². The van der Waals surface area contributed by atoms with Gasteiger partial charge in [-0.3, -0.25) is 9.69 Å². The number of carbonyl (C=O) groups excluding carboxylic acids is 1. The van der Waals surface area contributed by atoms with Crippen LogP contribution in [0.3, 0.4) is 0 Å². The van der Waals surface area contributed by atoms with Crippen molar-refractivity contribution in [1.82, 2.24) is 4.90 Å². The molecule has 2 fully saturated rings. The number of methoxy groups -OCH3 is 1. The van der Waals surface area contributed by atoms with E-state index in [0.29, 0.717) is 12.0 Å². The lowest BCUT2D eigenvalue weighted by molar-refractivity contribution is -0.147. The fraction of sp³-hybridized carbons (Fsp3) is 0.933. The summed E-state index contributed by atoms with van der Waals surface area (Å²) in [5.41, 5.74) is 5.97. The number of nitrogens with zero attached hydrogens (tertiary/aromatic N) is 1. The monoisotopic (exact) mass is 268 g/mol. The van der Waals surface area contributed by atoms with Gasteiger partial charge in [0, 0.05) is 12.6 Å². The third-order valence-corrected chi connectivity index (χ3v) is 4.88. The van der Waals surface area contributed by atoms with Crippen molar-refractivity contribution >= 4 is 5.97 Å². The van der Waals surface area contributed by atoms with Gasteiger partial charge in [-0.25, -0.2) is 0 Å². The highest BCUT2D eigenvalue weighted by atomic mass is 16.5. The maximum absolute atomic E-state index is 11.7. The topological polar surface area (TPSA) is 55.6 Å². The molecule has 2 aliphatic rings. The van der Waals surface area contributed by atoms with Crippen molar-refractivity contribution in [2.24, 2.45) is 17.6 Å². The first-order valence-electron chi connectivity index (χ1n) is 7.78. The number of nitrogens with two attached hydrogens (primary N) is 1. The lowest BCUT2D eigenvalue weighted by Gasteiger charge is -2.40. The second-order valence-electron chi connectivity index (χ2n) is 6.06. The quantitative estimate of drug-likeness (QED) is 0.626. The summed E-state index contributed by atoms with van der Waals surface area (Å²) in [5, 5.41) is 0. The van der Waals surface area contributed by atoms with Gasteiger partial charge >= 0.3 is 5.97 Å². The van der Waals surface area contributed by atoms with Crippen LogP contribution >= 0.6 is 0 Å². The summed E-state index contributed by atoms with van der Waals surface area (Å²) in [5.74, 6) is 0.641. The van der Waals surface area contributed by atoms with E-state index in [1.54, 1.807) is 0 Å². The Hall–Kier alpha value is -0.610. The third-order valence-electron chi connectivity index (χ3n) is 4.88. The van der Waals surface area contributed by atoms with Crippen LogP contribution in [0, 0.1) is 11.8 Å². The van der Waals surface area contributed by atoms with Gasteiger partial charge in [0.25, 0.3) is 0 Å². The Morgan fingerprint density at radius 2 is 2.00 bits per heavy atom. The Morgan fingerprint density at radius 1 is 1.21 bits per heavy atom. The molecule has 110 valence electrons. The molecule has 3 atom stereocenters. The minimum Gasteiger partial charge on any atom is -0.469 e. The number of hydrogen-bond acceptors (Lipinski definition) is 4. The first-order chi connectivity index (χ1) is 9.26. The maximum atomic E-state index is 11.7. The number of esters is 1. The van der Waals surface area contributed by atoms with E-state index in [4.69, 9.17) is 10.5 Å². The molecule has 2 rings (SSSR count). The molecule has 19 heavy (non-hydrogen) atoms. The number of ether oxygens (including phenoxy) is 1. The predicted octanol–water partition coefficient (Wildman–Crippen LogP) is 1.78. The third kappa shape index (κ3) is 3.69. The standard InChI is InChI=1S/C15H28N2O2/c1-19-15(18)13-7-5-9-17(11-13)14-8-4-2-3-6-12(14)10-16/h12-14H,2-11,16H2,1H3. The van der Waals surface area contributed by atoms with Crippen molar-refractivity contribution in [3.05, 3.63) is 0 Å². The van der Waals surface area contributed by atoms with Gasteiger partial charge in [-0.1, -0.05) is 19.3 Å². The van der Waals surface area contributed by atoms with Gasteiger partial charge in [-0.15, -0.1) is 0 Å². The van der Waals surface area contributed by atoms with E-state index >= 15 is 0 Å². The zero-order valence-corrected chi connectivity index (χ0v) is 12.1. The first kappa shape index (κ1) is 14.8. The Balaban J connectivity index is 1.99. The van der Waals surface area contributed by atoms with Gasteiger partial charge in [-0.05, 0) is 44.7 Å². The number of carbonyl (C=O) groups is 1. The summed E-state index contributed by atoms with van der Waals surface area (Å²) in [7, 11) is 1.50. The summed E-state index contributed by atoms with van der Waals surface area (Å²) >= 11 is 0. The minimum atomic E-state index is -0.0392. The summed E-state index contributed by atoms with van der Waals surface area (Å²) in [6, 6.07) is 0.583. The molecule has 0 aromatic rings. The molecule has 1 aliphatic carbocycles. The molecule has 4 heteroatoms. The van der Waals surface area contributed by atoms with Crippen LogP contribution in [0.25, 0.3) is 0 Å². The van der Waals surface area contributed by atoms with Crippen molar-refractivity contribution < 1.29 is 9.53 Å². The minimum absolute atomic E-state index is 0.0392. The molecule has 4 nitrogen and oxygen atoms in total. The van der Waals surface area contributed by atoms with Crippen molar-refractivity contribution in [3.8, 4) is 0 Å². The molecular formula is C15H28N2O2. The van der Waals surface area contributed by atoms with E-state index in [9.17, 15) is 4.79 Å².